The zero-order valence-corrected chi connectivity index (χ0v) is 14.4. The van der Waals surface area contributed by atoms with Gasteiger partial charge in [0.2, 0.25) is 0 Å². The SMILES string of the molecule is Cc1nc(C)c(C(C)NCc2ccc([N+](=O)[O-])cc2Br)s1. The summed E-state index contributed by atoms with van der Waals surface area (Å²) >= 11 is 5.08. The van der Waals surface area contributed by atoms with Crippen LogP contribution in [0.15, 0.2) is 22.7 Å². The lowest BCUT2D eigenvalue weighted by atomic mass is 10.2. The van der Waals surface area contributed by atoms with Gasteiger partial charge in [0.25, 0.3) is 5.69 Å². The average molecular weight is 370 g/mol. The van der Waals surface area contributed by atoms with E-state index in [4.69, 9.17) is 0 Å². The van der Waals surface area contributed by atoms with Gasteiger partial charge in [-0.05, 0) is 32.4 Å². The van der Waals surface area contributed by atoms with Gasteiger partial charge < -0.3 is 5.32 Å². The Kier molecular flexibility index (Phi) is 5.08. The summed E-state index contributed by atoms with van der Waals surface area (Å²) in [4.78, 5) is 16.0. The molecule has 112 valence electrons. The molecular weight excluding hydrogens is 354 g/mol. The molecule has 0 aliphatic rings. The molecule has 21 heavy (non-hydrogen) atoms. The summed E-state index contributed by atoms with van der Waals surface area (Å²) in [6.07, 6.45) is 0. The van der Waals surface area contributed by atoms with E-state index >= 15 is 0 Å². The maximum Gasteiger partial charge on any atom is 0.270 e. The highest BCUT2D eigenvalue weighted by molar-refractivity contribution is 9.10. The number of thiazole rings is 1. The van der Waals surface area contributed by atoms with Gasteiger partial charge in [-0.15, -0.1) is 11.3 Å². The molecule has 0 saturated carbocycles. The van der Waals surface area contributed by atoms with Crippen LogP contribution in [0.5, 0.6) is 0 Å². The first-order valence-electron chi connectivity index (χ1n) is 6.48. The number of nitrogens with one attached hydrogen (secondary N) is 1. The zero-order valence-electron chi connectivity index (χ0n) is 12.0. The first-order chi connectivity index (χ1) is 9.88. The molecule has 7 heteroatoms. The molecule has 0 radical (unpaired) electrons. The molecule has 1 unspecified atom stereocenters. The normalized spacial score (nSPS) is 12.4. The fourth-order valence-electron chi connectivity index (χ4n) is 2.10. The van der Waals surface area contributed by atoms with Crippen LogP contribution in [0.4, 0.5) is 5.69 Å². The molecule has 5 nitrogen and oxygen atoms in total. The second kappa shape index (κ2) is 6.64. The second-order valence-electron chi connectivity index (χ2n) is 4.82. The molecule has 0 aliphatic carbocycles. The molecular formula is C14H16BrN3O2S. The number of aromatic nitrogens is 1. The maximum absolute atomic E-state index is 10.7. The first-order valence-corrected chi connectivity index (χ1v) is 8.09. The number of hydrogen-bond acceptors (Lipinski definition) is 5. The van der Waals surface area contributed by atoms with Crippen LogP contribution in [0, 0.1) is 24.0 Å². The fraction of sp³-hybridized carbons (Fsp3) is 0.357. The third-order valence-corrected chi connectivity index (χ3v) is 5.17. The predicted octanol–water partition coefficient (Wildman–Crippen LogP) is 4.28. The number of nitro benzene ring substituents is 1. The van der Waals surface area contributed by atoms with Crippen molar-refractivity contribution in [2.24, 2.45) is 0 Å². The number of benzene rings is 1. The van der Waals surface area contributed by atoms with Gasteiger partial charge in [-0.1, -0.05) is 15.9 Å². The summed E-state index contributed by atoms with van der Waals surface area (Å²) in [6.45, 7) is 6.75. The maximum atomic E-state index is 10.7. The Morgan fingerprint density at radius 1 is 1.48 bits per heavy atom. The smallest absolute Gasteiger partial charge is 0.270 e. The van der Waals surface area contributed by atoms with Gasteiger partial charge >= 0.3 is 0 Å². The number of nitrogens with zero attached hydrogens (tertiary/aromatic N) is 2. The van der Waals surface area contributed by atoms with E-state index in [-0.39, 0.29) is 11.7 Å². The number of rotatable bonds is 5. The van der Waals surface area contributed by atoms with Gasteiger partial charge in [0, 0.05) is 34.1 Å². The molecule has 1 aromatic heterocycles. The first kappa shape index (κ1) is 16.1. The van der Waals surface area contributed by atoms with Crippen molar-refractivity contribution < 1.29 is 4.92 Å². The Morgan fingerprint density at radius 2 is 2.19 bits per heavy atom. The number of non-ortho nitro benzene ring substituents is 1. The van der Waals surface area contributed by atoms with Gasteiger partial charge in [-0.2, -0.15) is 0 Å². The molecule has 1 heterocycles. The molecule has 2 rings (SSSR count). The minimum Gasteiger partial charge on any atom is -0.305 e. The molecule has 0 bridgehead atoms. The Morgan fingerprint density at radius 3 is 2.71 bits per heavy atom. The summed E-state index contributed by atoms with van der Waals surface area (Å²) in [5.41, 5.74) is 2.14. The molecule has 2 aromatic rings. The summed E-state index contributed by atoms with van der Waals surface area (Å²) in [7, 11) is 0. The summed E-state index contributed by atoms with van der Waals surface area (Å²) in [5, 5.41) is 15.2. The predicted molar refractivity (Wildman–Crippen MR) is 87.6 cm³/mol. The lowest BCUT2D eigenvalue weighted by Crippen LogP contribution is -2.18. The number of hydrogen-bond donors (Lipinski definition) is 1. The van der Waals surface area contributed by atoms with Crippen molar-refractivity contribution in [3.63, 3.8) is 0 Å². The summed E-state index contributed by atoms with van der Waals surface area (Å²) < 4.78 is 0.744. The topological polar surface area (TPSA) is 68.1 Å². The second-order valence-corrected chi connectivity index (χ2v) is 6.91. The third-order valence-electron chi connectivity index (χ3n) is 3.18. The Labute approximate surface area is 135 Å². The van der Waals surface area contributed by atoms with Crippen molar-refractivity contribution in [2.75, 3.05) is 0 Å². The zero-order chi connectivity index (χ0) is 15.6. The van der Waals surface area contributed by atoms with Crippen LogP contribution >= 0.6 is 27.3 Å². The van der Waals surface area contributed by atoms with Gasteiger partial charge in [0.15, 0.2) is 0 Å². The van der Waals surface area contributed by atoms with Crippen molar-refractivity contribution in [3.8, 4) is 0 Å². The quantitative estimate of drug-likeness (QED) is 0.630. The minimum atomic E-state index is -0.395. The molecule has 1 atom stereocenters. The van der Waals surface area contributed by atoms with E-state index in [1.54, 1.807) is 17.4 Å². The summed E-state index contributed by atoms with van der Waals surface area (Å²) in [6, 6.07) is 5.02. The van der Waals surface area contributed by atoms with Crippen molar-refractivity contribution in [1.29, 1.82) is 0 Å². The van der Waals surface area contributed by atoms with Crippen molar-refractivity contribution in [3.05, 3.63) is 53.9 Å². The van der Waals surface area contributed by atoms with Crippen LogP contribution in [0.25, 0.3) is 0 Å². The highest BCUT2D eigenvalue weighted by Crippen LogP contribution is 2.26. The molecule has 1 N–H and O–H groups in total. The van der Waals surface area contributed by atoms with E-state index in [1.807, 2.05) is 13.8 Å². The molecule has 0 spiro atoms. The van der Waals surface area contributed by atoms with Crippen LogP contribution in [-0.2, 0) is 6.54 Å². The lowest BCUT2D eigenvalue weighted by Gasteiger charge is -2.13. The van der Waals surface area contributed by atoms with Gasteiger partial charge in [0.05, 0.1) is 15.6 Å². The monoisotopic (exact) mass is 369 g/mol. The number of nitro groups is 1. The van der Waals surface area contributed by atoms with Crippen LogP contribution in [-0.4, -0.2) is 9.91 Å². The Balaban J connectivity index is 2.06. The molecule has 0 amide bonds. The fourth-order valence-corrected chi connectivity index (χ4v) is 3.56. The van der Waals surface area contributed by atoms with E-state index < -0.39 is 4.92 Å². The van der Waals surface area contributed by atoms with Crippen LogP contribution in [0.3, 0.4) is 0 Å². The number of aryl methyl sites for hydroxylation is 2. The van der Waals surface area contributed by atoms with E-state index in [0.29, 0.717) is 6.54 Å². The van der Waals surface area contributed by atoms with Gasteiger partial charge in [0.1, 0.15) is 0 Å². The highest BCUT2D eigenvalue weighted by atomic mass is 79.9. The van der Waals surface area contributed by atoms with E-state index in [9.17, 15) is 10.1 Å². The summed E-state index contributed by atoms with van der Waals surface area (Å²) in [5.74, 6) is 0. The van der Waals surface area contributed by atoms with E-state index in [1.165, 1.54) is 17.0 Å². The third kappa shape index (κ3) is 3.87. The van der Waals surface area contributed by atoms with Gasteiger partial charge in [-0.25, -0.2) is 4.98 Å². The van der Waals surface area contributed by atoms with Crippen molar-refractivity contribution >= 4 is 33.0 Å². The van der Waals surface area contributed by atoms with Crippen LogP contribution in [0.1, 0.15) is 34.1 Å². The average Bonchev–Trinajstić information content (AvgIpc) is 2.75. The van der Waals surface area contributed by atoms with E-state index in [2.05, 4.69) is 33.2 Å². The standard InChI is InChI=1S/C14H16BrN3O2S/c1-8(14-9(2)17-10(3)21-14)16-7-11-4-5-12(18(19)20)6-13(11)15/h4-6,8,16H,7H2,1-3H3. The lowest BCUT2D eigenvalue weighted by molar-refractivity contribution is -0.384. The molecule has 0 saturated heterocycles. The van der Waals surface area contributed by atoms with Crippen LogP contribution < -0.4 is 5.32 Å². The minimum absolute atomic E-state index is 0.0904. The molecule has 1 aromatic carbocycles. The van der Waals surface area contributed by atoms with Gasteiger partial charge in [-0.3, -0.25) is 10.1 Å². The van der Waals surface area contributed by atoms with Crippen LogP contribution in [0.2, 0.25) is 0 Å². The largest absolute Gasteiger partial charge is 0.305 e. The molecule has 0 aliphatic heterocycles. The molecule has 0 fully saturated rings. The van der Waals surface area contributed by atoms with E-state index in [0.717, 1.165) is 20.7 Å². The van der Waals surface area contributed by atoms with Crippen molar-refractivity contribution in [2.45, 2.75) is 33.4 Å². The highest BCUT2D eigenvalue weighted by Gasteiger charge is 2.14. The van der Waals surface area contributed by atoms with Crippen molar-refractivity contribution in [1.82, 2.24) is 10.3 Å². The number of halogens is 1. The Bertz CT molecular complexity index is 672. The Hall–Kier alpha value is -1.31.